The Kier molecular flexibility index (Phi) is 4.55. The highest BCUT2D eigenvalue weighted by Gasteiger charge is 2.07. The predicted octanol–water partition coefficient (Wildman–Crippen LogP) is 2.15. The molecule has 0 radical (unpaired) electrons. The highest BCUT2D eigenvalue weighted by molar-refractivity contribution is 5.49. The molecule has 0 unspecified atom stereocenters. The minimum atomic E-state index is 0. The Bertz CT molecular complexity index is 199. The van der Waals surface area contributed by atoms with Crippen LogP contribution in [-0.2, 0) is 0 Å². The second-order valence-corrected chi connectivity index (χ2v) is 3.33. The molecular weight excluding hydrogens is 148 g/mol. The number of hydrogen-bond donors (Lipinski definition) is 1. The van der Waals surface area contributed by atoms with Crippen LogP contribution in [0.25, 0.3) is 0 Å². The molecule has 2 rings (SSSR count). The first kappa shape index (κ1) is 11.1. The van der Waals surface area contributed by atoms with Gasteiger partial charge in [0.25, 0.3) is 0 Å². The topological polar surface area (TPSA) is 38.2 Å². The van der Waals surface area contributed by atoms with Crippen molar-refractivity contribution in [3.05, 3.63) is 35.5 Å². The summed E-state index contributed by atoms with van der Waals surface area (Å²) < 4.78 is 0. The van der Waals surface area contributed by atoms with Gasteiger partial charge in [-0.15, -0.1) is 0 Å². The van der Waals surface area contributed by atoms with Crippen molar-refractivity contribution in [1.29, 1.82) is 0 Å². The summed E-state index contributed by atoms with van der Waals surface area (Å²) in [4.78, 5) is 2.00. The Labute approximate surface area is 74.8 Å². The van der Waals surface area contributed by atoms with Gasteiger partial charge in [-0.1, -0.05) is 24.3 Å². The molecule has 0 aliphatic heterocycles. The summed E-state index contributed by atoms with van der Waals surface area (Å²) in [6.07, 6.45) is 9.90. The maximum absolute atomic E-state index is 2.18. The standard InChI is InChI=1S/C7H6.C3H9N.H3N/c1-2-7-4-3-6(1)5-7;1-4(2)3;/h1-4H,5H2;1-3H3;1H3. The molecule has 0 spiro atoms. The molecule has 0 atom stereocenters. The van der Waals surface area contributed by atoms with E-state index in [-0.39, 0.29) is 6.15 Å². The van der Waals surface area contributed by atoms with Crippen LogP contribution in [0.2, 0.25) is 0 Å². The minimum absolute atomic E-state index is 0. The normalized spacial score (nSPS) is 16.3. The summed E-state index contributed by atoms with van der Waals surface area (Å²) in [5, 5.41) is 0. The van der Waals surface area contributed by atoms with E-state index in [1.54, 1.807) is 0 Å². The summed E-state index contributed by atoms with van der Waals surface area (Å²) in [5.41, 5.74) is 2.94. The summed E-state index contributed by atoms with van der Waals surface area (Å²) in [6.45, 7) is 0. The highest BCUT2D eigenvalue weighted by atomic mass is 15.0. The molecular formula is C10H18N2. The highest BCUT2D eigenvalue weighted by Crippen LogP contribution is 2.27. The third-order valence-corrected chi connectivity index (χ3v) is 1.43. The Balaban J connectivity index is 0.000000217. The van der Waals surface area contributed by atoms with Gasteiger partial charge in [-0.25, -0.2) is 0 Å². The first-order valence-corrected chi connectivity index (χ1v) is 3.87. The number of allylic oxidation sites excluding steroid dienone is 6. The zero-order chi connectivity index (χ0) is 8.27. The molecule has 2 heteroatoms. The SMILES string of the molecule is C1=CC2=CC=C1C2.CN(C)C.N. The largest absolute Gasteiger partial charge is 0.344 e. The van der Waals surface area contributed by atoms with Crippen LogP contribution in [0.4, 0.5) is 0 Å². The van der Waals surface area contributed by atoms with Crippen LogP contribution >= 0.6 is 0 Å². The van der Waals surface area contributed by atoms with Gasteiger partial charge in [0.05, 0.1) is 0 Å². The fourth-order valence-electron chi connectivity index (χ4n) is 1.01. The molecule has 2 aliphatic carbocycles. The molecule has 0 aromatic carbocycles. The summed E-state index contributed by atoms with van der Waals surface area (Å²) in [5.74, 6) is 0. The van der Waals surface area contributed by atoms with E-state index in [0.29, 0.717) is 0 Å². The quantitative estimate of drug-likeness (QED) is 0.599. The smallest absolute Gasteiger partial charge is 0.00258 e. The van der Waals surface area contributed by atoms with Gasteiger partial charge in [0.2, 0.25) is 0 Å². The first-order valence-electron chi connectivity index (χ1n) is 3.87. The van der Waals surface area contributed by atoms with Crippen molar-refractivity contribution >= 4 is 0 Å². The van der Waals surface area contributed by atoms with Crippen LogP contribution in [0.3, 0.4) is 0 Å². The zero-order valence-corrected chi connectivity index (χ0v) is 8.17. The van der Waals surface area contributed by atoms with E-state index in [1.807, 2.05) is 26.0 Å². The lowest BCUT2D eigenvalue weighted by Gasteiger charge is -1.90. The Morgan fingerprint density at radius 1 is 1.00 bits per heavy atom. The molecule has 12 heavy (non-hydrogen) atoms. The lowest BCUT2D eigenvalue weighted by molar-refractivity contribution is 0.505. The second-order valence-electron chi connectivity index (χ2n) is 3.33. The lowest BCUT2D eigenvalue weighted by Crippen LogP contribution is -1.99. The van der Waals surface area contributed by atoms with Crippen molar-refractivity contribution in [2.24, 2.45) is 0 Å². The minimum Gasteiger partial charge on any atom is -0.344 e. The molecule has 0 aromatic rings. The predicted molar refractivity (Wildman–Crippen MR) is 54.6 cm³/mol. The van der Waals surface area contributed by atoms with Gasteiger partial charge >= 0.3 is 0 Å². The summed E-state index contributed by atoms with van der Waals surface area (Å²) in [7, 11) is 6.00. The number of rotatable bonds is 0. The lowest BCUT2D eigenvalue weighted by atomic mass is 10.3. The second kappa shape index (κ2) is 4.91. The van der Waals surface area contributed by atoms with E-state index in [2.05, 4.69) is 24.3 Å². The van der Waals surface area contributed by atoms with E-state index in [0.717, 1.165) is 0 Å². The van der Waals surface area contributed by atoms with Gasteiger partial charge in [-0.2, -0.15) is 0 Å². The van der Waals surface area contributed by atoms with Crippen molar-refractivity contribution in [3.63, 3.8) is 0 Å². The van der Waals surface area contributed by atoms with Crippen LogP contribution in [0.5, 0.6) is 0 Å². The van der Waals surface area contributed by atoms with E-state index >= 15 is 0 Å². The maximum atomic E-state index is 2.18. The molecule has 3 N–H and O–H groups in total. The summed E-state index contributed by atoms with van der Waals surface area (Å²) in [6, 6.07) is 0. The molecule has 2 bridgehead atoms. The van der Waals surface area contributed by atoms with Gasteiger partial charge in [-0.05, 0) is 38.7 Å². The maximum Gasteiger partial charge on any atom is -0.00258 e. The van der Waals surface area contributed by atoms with E-state index < -0.39 is 0 Å². The average Bonchev–Trinajstić information content (AvgIpc) is 2.45. The van der Waals surface area contributed by atoms with Gasteiger partial charge in [-0.3, -0.25) is 0 Å². The van der Waals surface area contributed by atoms with Gasteiger partial charge in [0, 0.05) is 0 Å². The molecule has 0 fully saturated rings. The van der Waals surface area contributed by atoms with Crippen LogP contribution < -0.4 is 6.15 Å². The molecule has 0 amide bonds. The van der Waals surface area contributed by atoms with Gasteiger partial charge in [0.15, 0.2) is 0 Å². The van der Waals surface area contributed by atoms with Crippen molar-refractivity contribution < 1.29 is 0 Å². The first-order chi connectivity index (χ1) is 5.18. The van der Waals surface area contributed by atoms with Crippen LogP contribution in [0.15, 0.2) is 35.5 Å². The van der Waals surface area contributed by atoms with Crippen molar-refractivity contribution in [1.82, 2.24) is 11.1 Å². The van der Waals surface area contributed by atoms with Crippen LogP contribution in [0, 0.1) is 0 Å². The number of fused-ring (bicyclic) bond motifs is 2. The number of hydrogen-bond acceptors (Lipinski definition) is 2. The number of nitrogens with zero attached hydrogens (tertiary/aromatic N) is 1. The molecule has 0 saturated heterocycles. The molecule has 68 valence electrons. The fraction of sp³-hybridized carbons (Fsp3) is 0.400. The van der Waals surface area contributed by atoms with E-state index in [1.165, 1.54) is 17.6 Å². The zero-order valence-electron chi connectivity index (χ0n) is 8.17. The molecule has 0 saturated carbocycles. The van der Waals surface area contributed by atoms with Crippen molar-refractivity contribution in [3.8, 4) is 0 Å². The van der Waals surface area contributed by atoms with Gasteiger partial charge < -0.3 is 11.1 Å². The average molecular weight is 166 g/mol. The van der Waals surface area contributed by atoms with Gasteiger partial charge in [0.1, 0.15) is 0 Å². The van der Waals surface area contributed by atoms with Crippen LogP contribution in [0.1, 0.15) is 6.42 Å². The van der Waals surface area contributed by atoms with Crippen LogP contribution in [-0.4, -0.2) is 26.0 Å². The summed E-state index contributed by atoms with van der Waals surface area (Å²) >= 11 is 0. The third kappa shape index (κ3) is 3.51. The van der Waals surface area contributed by atoms with E-state index in [9.17, 15) is 0 Å². The molecule has 2 aliphatic rings. The Morgan fingerprint density at radius 2 is 1.33 bits per heavy atom. The Morgan fingerprint density at radius 3 is 1.42 bits per heavy atom. The molecule has 2 nitrogen and oxygen atoms in total. The van der Waals surface area contributed by atoms with Crippen molar-refractivity contribution in [2.45, 2.75) is 6.42 Å². The molecule has 0 aromatic heterocycles. The van der Waals surface area contributed by atoms with Crippen molar-refractivity contribution in [2.75, 3.05) is 21.1 Å². The fourth-order valence-corrected chi connectivity index (χ4v) is 1.01. The molecule has 0 heterocycles. The third-order valence-electron chi connectivity index (χ3n) is 1.43. The van der Waals surface area contributed by atoms with E-state index in [4.69, 9.17) is 0 Å². The Hall–Kier alpha value is -0.860. The monoisotopic (exact) mass is 166 g/mol.